The van der Waals surface area contributed by atoms with E-state index in [1.165, 1.54) is 0 Å². The van der Waals surface area contributed by atoms with E-state index >= 15 is 0 Å². The van der Waals surface area contributed by atoms with Gasteiger partial charge in [0.15, 0.2) is 0 Å². The molecule has 0 amide bonds. The lowest BCUT2D eigenvalue weighted by Gasteiger charge is -2.10. The Morgan fingerprint density at radius 3 is 2.57 bits per heavy atom. The Bertz CT molecular complexity index is 659. The van der Waals surface area contributed by atoms with Crippen molar-refractivity contribution in [2.24, 2.45) is 0 Å². The van der Waals surface area contributed by atoms with Crippen molar-refractivity contribution in [2.75, 3.05) is 30.9 Å². The van der Waals surface area contributed by atoms with Gasteiger partial charge in [0.05, 0.1) is 5.56 Å². The number of nitrogens with one attached hydrogen (secondary N) is 2. The van der Waals surface area contributed by atoms with Gasteiger partial charge in [0, 0.05) is 32.0 Å². The number of aromatic carboxylic acids is 1. The van der Waals surface area contributed by atoms with Gasteiger partial charge in [-0.25, -0.2) is 14.8 Å². The molecule has 7 heteroatoms. The lowest BCUT2D eigenvalue weighted by atomic mass is 10.2. The molecule has 2 aromatic rings. The molecule has 1 aromatic heterocycles. The molecule has 0 bridgehead atoms. The Morgan fingerprint density at radius 1 is 1.22 bits per heavy atom. The SMILES string of the molecule is COCCCNc1cc(Nc2ccc(C(=O)O)cc2)nc(C)n1. The Morgan fingerprint density at radius 2 is 1.91 bits per heavy atom. The standard InChI is InChI=1S/C16H20N4O3/c1-11-18-14(17-8-3-9-23-2)10-15(19-11)20-13-6-4-12(5-7-13)16(21)22/h4-7,10H,3,8-9H2,1-2H3,(H,21,22)(H2,17,18,19,20). The van der Waals surface area contributed by atoms with Crippen LogP contribution in [0.3, 0.4) is 0 Å². The highest BCUT2D eigenvalue weighted by Gasteiger charge is 2.04. The van der Waals surface area contributed by atoms with Gasteiger partial charge in [0.25, 0.3) is 0 Å². The first-order chi connectivity index (χ1) is 11.1. The number of benzene rings is 1. The van der Waals surface area contributed by atoms with E-state index in [-0.39, 0.29) is 5.56 Å². The number of hydrogen-bond donors (Lipinski definition) is 3. The average Bonchev–Trinajstić information content (AvgIpc) is 2.51. The highest BCUT2D eigenvalue weighted by atomic mass is 16.5. The second-order valence-electron chi connectivity index (χ2n) is 4.97. The van der Waals surface area contributed by atoms with Crippen LogP contribution in [-0.4, -0.2) is 41.3 Å². The molecular formula is C16H20N4O3. The molecule has 0 saturated heterocycles. The van der Waals surface area contributed by atoms with E-state index in [0.29, 0.717) is 18.2 Å². The summed E-state index contributed by atoms with van der Waals surface area (Å²) in [6, 6.07) is 8.30. The molecule has 122 valence electrons. The van der Waals surface area contributed by atoms with Crippen LogP contribution in [0.5, 0.6) is 0 Å². The number of nitrogens with zero attached hydrogens (tertiary/aromatic N) is 2. The van der Waals surface area contributed by atoms with Crippen LogP contribution >= 0.6 is 0 Å². The van der Waals surface area contributed by atoms with Gasteiger partial charge < -0.3 is 20.5 Å². The molecular weight excluding hydrogens is 296 g/mol. The molecule has 0 unspecified atom stereocenters. The number of carboxylic acids is 1. The number of anilines is 3. The normalized spacial score (nSPS) is 10.3. The van der Waals surface area contributed by atoms with Crippen LogP contribution < -0.4 is 10.6 Å². The third kappa shape index (κ3) is 5.23. The summed E-state index contributed by atoms with van der Waals surface area (Å²) < 4.78 is 5.01. The zero-order valence-corrected chi connectivity index (χ0v) is 13.2. The molecule has 0 saturated carbocycles. The van der Waals surface area contributed by atoms with Crippen LogP contribution in [-0.2, 0) is 4.74 Å². The summed E-state index contributed by atoms with van der Waals surface area (Å²) in [5.41, 5.74) is 1.01. The Kier molecular flexibility index (Phi) is 5.87. The maximum absolute atomic E-state index is 10.8. The zero-order chi connectivity index (χ0) is 16.7. The molecule has 23 heavy (non-hydrogen) atoms. The van der Waals surface area contributed by atoms with Gasteiger partial charge in [-0.1, -0.05) is 0 Å². The quantitative estimate of drug-likeness (QED) is 0.644. The molecule has 7 nitrogen and oxygen atoms in total. The van der Waals surface area contributed by atoms with Gasteiger partial charge in [-0.3, -0.25) is 0 Å². The molecule has 1 heterocycles. The zero-order valence-electron chi connectivity index (χ0n) is 13.2. The summed E-state index contributed by atoms with van der Waals surface area (Å²) >= 11 is 0. The molecule has 0 aliphatic rings. The lowest BCUT2D eigenvalue weighted by Crippen LogP contribution is -2.08. The summed E-state index contributed by atoms with van der Waals surface area (Å²) in [7, 11) is 1.67. The number of methoxy groups -OCH3 is 1. The first-order valence-corrected chi connectivity index (χ1v) is 7.27. The summed E-state index contributed by atoms with van der Waals surface area (Å²) in [6.07, 6.45) is 0.888. The molecule has 0 atom stereocenters. The summed E-state index contributed by atoms with van der Waals surface area (Å²) in [5, 5.41) is 15.3. The minimum Gasteiger partial charge on any atom is -0.478 e. The second-order valence-corrected chi connectivity index (χ2v) is 4.97. The first-order valence-electron chi connectivity index (χ1n) is 7.27. The fourth-order valence-electron chi connectivity index (χ4n) is 2.00. The third-order valence-corrected chi connectivity index (χ3v) is 3.07. The molecule has 0 radical (unpaired) electrons. The van der Waals surface area contributed by atoms with Crippen LogP contribution in [0.4, 0.5) is 17.3 Å². The third-order valence-electron chi connectivity index (χ3n) is 3.07. The van der Waals surface area contributed by atoms with E-state index in [4.69, 9.17) is 9.84 Å². The highest BCUT2D eigenvalue weighted by Crippen LogP contribution is 2.18. The minimum atomic E-state index is -0.947. The molecule has 2 rings (SSSR count). The van der Waals surface area contributed by atoms with Crippen molar-refractivity contribution in [3.8, 4) is 0 Å². The number of aromatic nitrogens is 2. The number of ether oxygens (including phenoxy) is 1. The van der Waals surface area contributed by atoms with E-state index in [9.17, 15) is 4.79 Å². The summed E-state index contributed by atoms with van der Waals surface area (Å²) in [6.45, 7) is 3.27. The van der Waals surface area contributed by atoms with Crippen LogP contribution in [0.1, 0.15) is 22.6 Å². The minimum absolute atomic E-state index is 0.245. The van der Waals surface area contributed by atoms with Crippen LogP contribution in [0.15, 0.2) is 30.3 Å². The lowest BCUT2D eigenvalue weighted by molar-refractivity contribution is 0.0697. The molecule has 0 aliphatic heterocycles. The molecule has 3 N–H and O–H groups in total. The monoisotopic (exact) mass is 316 g/mol. The Hall–Kier alpha value is -2.67. The van der Waals surface area contributed by atoms with E-state index in [0.717, 1.165) is 24.5 Å². The molecule has 0 spiro atoms. The fraction of sp³-hybridized carbons (Fsp3) is 0.312. The fourth-order valence-corrected chi connectivity index (χ4v) is 2.00. The summed E-state index contributed by atoms with van der Waals surface area (Å²) in [5.74, 6) is 1.08. The topological polar surface area (TPSA) is 96.4 Å². The maximum atomic E-state index is 10.8. The Labute approximate surface area is 134 Å². The summed E-state index contributed by atoms with van der Waals surface area (Å²) in [4.78, 5) is 19.5. The van der Waals surface area contributed by atoms with E-state index < -0.39 is 5.97 Å². The molecule has 0 fully saturated rings. The van der Waals surface area contributed by atoms with Crippen molar-refractivity contribution in [1.82, 2.24) is 9.97 Å². The van der Waals surface area contributed by atoms with Gasteiger partial charge in [-0.15, -0.1) is 0 Å². The van der Waals surface area contributed by atoms with Gasteiger partial charge in [-0.2, -0.15) is 0 Å². The Balaban J connectivity index is 2.04. The van der Waals surface area contributed by atoms with Gasteiger partial charge in [0.2, 0.25) is 0 Å². The maximum Gasteiger partial charge on any atom is 0.335 e. The van der Waals surface area contributed by atoms with Crippen molar-refractivity contribution in [1.29, 1.82) is 0 Å². The van der Waals surface area contributed by atoms with E-state index in [2.05, 4.69) is 20.6 Å². The smallest absolute Gasteiger partial charge is 0.335 e. The number of hydrogen-bond acceptors (Lipinski definition) is 6. The predicted octanol–water partition coefficient (Wildman–Crippen LogP) is 2.68. The van der Waals surface area contributed by atoms with Gasteiger partial charge in [-0.05, 0) is 37.6 Å². The highest BCUT2D eigenvalue weighted by molar-refractivity contribution is 5.88. The van der Waals surface area contributed by atoms with Gasteiger partial charge in [0.1, 0.15) is 17.5 Å². The van der Waals surface area contributed by atoms with Gasteiger partial charge >= 0.3 is 5.97 Å². The van der Waals surface area contributed by atoms with E-state index in [1.54, 1.807) is 31.4 Å². The average molecular weight is 316 g/mol. The first kappa shape index (κ1) is 16.7. The predicted molar refractivity (Wildman–Crippen MR) is 88.4 cm³/mol. The molecule has 1 aromatic carbocycles. The molecule has 0 aliphatic carbocycles. The van der Waals surface area contributed by atoms with Crippen LogP contribution in [0, 0.1) is 6.92 Å². The number of rotatable bonds is 8. The van der Waals surface area contributed by atoms with Crippen molar-refractivity contribution in [2.45, 2.75) is 13.3 Å². The largest absolute Gasteiger partial charge is 0.478 e. The van der Waals surface area contributed by atoms with E-state index in [1.807, 2.05) is 13.0 Å². The number of carboxylic acid groups (broad SMARTS) is 1. The van der Waals surface area contributed by atoms with Crippen molar-refractivity contribution in [3.05, 3.63) is 41.7 Å². The van der Waals surface area contributed by atoms with Crippen molar-refractivity contribution in [3.63, 3.8) is 0 Å². The van der Waals surface area contributed by atoms with Crippen molar-refractivity contribution >= 4 is 23.3 Å². The van der Waals surface area contributed by atoms with Crippen LogP contribution in [0.2, 0.25) is 0 Å². The number of carbonyl (C=O) groups is 1. The van der Waals surface area contributed by atoms with Crippen LogP contribution in [0.25, 0.3) is 0 Å². The number of aryl methyl sites for hydroxylation is 1. The van der Waals surface area contributed by atoms with Crippen molar-refractivity contribution < 1.29 is 14.6 Å². The second kappa shape index (κ2) is 8.09.